The van der Waals surface area contributed by atoms with E-state index in [1.807, 2.05) is 142 Å². The molecule has 2 unspecified atom stereocenters. The number of aromatic nitrogens is 1. The predicted molar refractivity (Wildman–Crippen MR) is 456 cm³/mol. The highest BCUT2D eigenvalue weighted by atomic mass is 79.9. The molecule has 15 N–H and O–H groups in total. The van der Waals surface area contributed by atoms with Gasteiger partial charge in [-0.3, -0.25) is 28.9 Å². The van der Waals surface area contributed by atoms with Crippen molar-refractivity contribution < 1.29 is 147 Å². The number of methoxy groups -OCH3 is 6. The molecule has 0 amide bonds. The van der Waals surface area contributed by atoms with Crippen LogP contribution in [0.4, 0.5) is 0 Å². The lowest BCUT2D eigenvalue weighted by atomic mass is 10.1. The van der Waals surface area contributed by atoms with Gasteiger partial charge in [-0.05, 0) is 29.3 Å². The van der Waals surface area contributed by atoms with Crippen molar-refractivity contribution in [1.29, 1.82) is 0 Å². The third-order valence-electron chi connectivity index (χ3n) is 14.8. The van der Waals surface area contributed by atoms with Crippen LogP contribution in [-0.2, 0) is 134 Å². The van der Waals surface area contributed by atoms with Crippen molar-refractivity contribution in [3.8, 4) is 28.7 Å². The minimum Gasteiger partial charge on any atom is -1.00 e. The van der Waals surface area contributed by atoms with Crippen LogP contribution >= 0.6 is 28.3 Å². The summed E-state index contributed by atoms with van der Waals surface area (Å²) in [5, 5.41) is 96.2. The smallest absolute Gasteiger partial charge is 0.227 e. The molecule has 1 aliphatic rings. The fraction of sp³-hybridized carbons (Fsp3) is 0.361. The van der Waals surface area contributed by atoms with Crippen molar-refractivity contribution in [1.82, 2.24) is 4.57 Å². The van der Waals surface area contributed by atoms with Gasteiger partial charge in [0.25, 0.3) is 0 Å². The van der Waals surface area contributed by atoms with Crippen LogP contribution in [0.15, 0.2) is 223 Å². The van der Waals surface area contributed by atoms with E-state index >= 15 is 0 Å². The Balaban J connectivity index is -0.00000134. The molecule has 0 saturated carbocycles. The number of pyridine rings is 1. The molecule has 35 nitrogen and oxygen atoms in total. The van der Waals surface area contributed by atoms with Crippen LogP contribution in [0, 0.1) is 0 Å². The highest BCUT2D eigenvalue weighted by Crippen LogP contribution is 2.22. The zero-order chi connectivity index (χ0) is 90.8. The van der Waals surface area contributed by atoms with E-state index in [0.29, 0.717) is 61.7 Å². The van der Waals surface area contributed by atoms with Gasteiger partial charge in [0, 0.05) is 117 Å². The van der Waals surface area contributed by atoms with E-state index in [1.54, 1.807) is 40.6 Å². The maximum Gasteiger partial charge on any atom is 0.227 e. The molecule has 10 rings (SSSR count). The summed E-state index contributed by atoms with van der Waals surface area (Å²) in [6, 6.07) is 45.0. The molecule has 122 heavy (non-hydrogen) atoms. The second-order valence-electron chi connectivity index (χ2n) is 24.1. The Hall–Kier alpha value is -9.60. The van der Waals surface area contributed by atoms with Crippen LogP contribution in [0.1, 0.15) is 87.8 Å². The maximum absolute atomic E-state index is 12.3. The van der Waals surface area contributed by atoms with Gasteiger partial charge in [0.15, 0.2) is 40.2 Å². The Morgan fingerprint density at radius 1 is 0.492 bits per heavy atom. The first-order valence-electron chi connectivity index (χ1n) is 36.1. The molecule has 682 valence electrons. The molecule has 39 heteroatoms. The number of hydrogen-bond donors (Lipinski definition) is 14. The molecule has 0 radical (unpaired) electrons. The number of nitrogens with zero attached hydrogens (tertiary/aromatic N) is 1. The Morgan fingerprint density at radius 3 is 1.25 bits per heavy atom. The second-order valence-corrected chi connectivity index (χ2v) is 28.1. The average Bonchev–Trinajstić information content (AvgIpc) is 0.818. The fourth-order valence-corrected chi connectivity index (χ4v) is 9.64. The first-order valence-corrected chi connectivity index (χ1v) is 39.9. The van der Waals surface area contributed by atoms with Gasteiger partial charge in [0.05, 0.1) is 26.0 Å². The number of nitrogens with two attached hydrogens (primary N) is 1. The number of nitrogens with one attached hydrogen (secondary N) is 1. The standard InChI is InChI=1S/C17H21NO4.C16H18O5.C14H14O5.C10H17NO4.C7H7Br.C7H8O5.C6H6O4.C2H8O4S.C2H6.CH5N.CH4O.2ClH/c1-18-14(11-20-2)9-16(19)17(15(18)12-21-3)22-10-13-7-5-4-6-8-13;1-18-10-13-8-14(17)16(15(21-13)11-19-2)20-9-12-6-4-3-5-7-12;15-7-11-6-12(17)14(13(8-16)19-11)18-9-10-4-2-1-3-5-10;1-11-7(5-14-2)4-9(12)10(13)8(11)6-15-3;8-6-7-4-2-1-3-5-7;8-2-4-1-5(10)7(11)6(3-9)12-4;7-2-4-1-5(8)6(9)3-10-4;1-7(2,4,5)6-3;3*1-2;;/h4-9H,10-12H2,1-3H3;3-8H,9-11H2,1-2H3;1-6,15-16H,7-9H2;4,9,12-13H,5-6H2,1-3H3;1-5H,6H2;1,8-9,11H,2-3H2;1,3,7,9H,2H2;3H,1-2H3,(H,4,5);1-2H3;2H2,1H3;2H,1H3;2*1H. The summed E-state index contributed by atoms with van der Waals surface area (Å²) in [6.07, 6.45) is 3.33. The molecule has 9 aromatic rings. The Morgan fingerprint density at radius 2 is 0.861 bits per heavy atom. The molecule has 0 bridgehead atoms. The van der Waals surface area contributed by atoms with Crippen LogP contribution < -0.4 is 64.4 Å². The largest absolute Gasteiger partial charge is 1.00 e. The van der Waals surface area contributed by atoms with E-state index in [-0.39, 0.29) is 115 Å². The van der Waals surface area contributed by atoms with E-state index < -0.39 is 69.9 Å². The van der Waals surface area contributed by atoms with Crippen LogP contribution in [-0.4, -0.2) is 165 Å². The quantitative estimate of drug-likeness (QED) is 0.0186. The predicted octanol–water partition coefficient (Wildman–Crippen LogP) is 4.12. The van der Waals surface area contributed by atoms with Gasteiger partial charge < -0.3 is 139 Å². The van der Waals surface area contributed by atoms with Crippen LogP contribution in [0.2, 0.25) is 0 Å². The highest BCUT2D eigenvalue weighted by Gasteiger charge is 2.30. The normalized spacial score (nSPS) is 12.2. The van der Waals surface area contributed by atoms with Gasteiger partial charge in [-0.1, -0.05) is 151 Å². The molecule has 0 spiro atoms. The summed E-state index contributed by atoms with van der Waals surface area (Å²) >= 11 is 3.36. The van der Waals surface area contributed by atoms with Crippen molar-refractivity contribution in [2.75, 3.05) is 89.6 Å². The molecule has 0 aliphatic carbocycles. The number of rotatable bonds is 28. The number of alkyl halides is 1. The Labute approximate surface area is 727 Å². The summed E-state index contributed by atoms with van der Waals surface area (Å²) < 4.78 is 90.9. The van der Waals surface area contributed by atoms with Crippen LogP contribution in [0.3, 0.4) is 0 Å². The molecule has 6 heterocycles. The van der Waals surface area contributed by atoms with Gasteiger partial charge in [-0.25, -0.2) is 9.47 Å². The van der Waals surface area contributed by atoms with Crippen molar-refractivity contribution in [2.24, 2.45) is 12.8 Å². The lowest BCUT2D eigenvalue weighted by Gasteiger charge is -2.25. The van der Waals surface area contributed by atoms with Gasteiger partial charge in [0.2, 0.25) is 44.4 Å². The number of aromatic hydroxyl groups is 2. The topological polar surface area (TPSA) is 525 Å². The Bertz CT molecular complexity index is 4770. The monoisotopic (exact) mass is 1850 g/mol. The van der Waals surface area contributed by atoms with Crippen molar-refractivity contribution in [3.63, 3.8) is 0 Å². The summed E-state index contributed by atoms with van der Waals surface area (Å²) in [5.41, 5.74) is 9.68. The zero-order valence-corrected chi connectivity index (χ0v) is 74.4. The summed E-state index contributed by atoms with van der Waals surface area (Å²) in [5.74, 6) is 0.248. The van der Waals surface area contributed by atoms with Crippen molar-refractivity contribution in [2.45, 2.75) is 105 Å². The van der Waals surface area contributed by atoms with Gasteiger partial charge in [-0.15, -0.1) is 16.7 Å². The second kappa shape index (κ2) is 66.0. The van der Waals surface area contributed by atoms with Gasteiger partial charge >= 0.3 is 0 Å². The fourth-order valence-electron chi connectivity index (χ4n) is 9.27. The van der Waals surface area contributed by atoms with E-state index in [2.05, 4.69) is 42.5 Å². The van der Waals surface area contributed by atoms with E-state index in [0.717, 1.165) is 82.4 Å². The number of benzene rings is 4. The number of aliphatic hydroxyl groups is 8. The third-order valence-corrected chi connectivity index (χ3v) is 15.9. The molecule has 5 aromatic heterocycles. The highest BCUT2D eigenvalue weighted by molar-refractivity contribution is 9.08. The molecule has 4 aromatic carbocycles. The molecular weight excluding hydrogens is 1730 g/mol. The molecular formula is C83H116BrCl2N3O32S. The lowest BCUT2D eigenvalue weighted by molar-refractivity contribution is -0.803. The molecule has 0 saturated heterocycles. The molecule has 1 aliphatic heterocycles. The summed E-state index contributed by atoms with van der Waals surface area (Å²) in [6.45, 7) is 4.39. The number of halogens is 3. The molecule has 2 atom stereocenters. The van der Waals surface area contributed by atoms with Crippen LogP contribution in [0.5, 0.6) is 28.7 Å². The number of quaternary nitrogens is 1. The van der Waals surface area contributed by atoms with E-state index in [9.17, 15) is 38.4 Å². The number of ether oxygens (including phenoxy) is 9. The van der Waals surface area contributed by atoms with Gasteiger partial charge in [0.1, 0.15) is 130 Å². The van der Waals surface area contributed by atoms with E-state index in [4.69, 9.17) is 107 Å². The lowest BCUT2D eigenvalue weighted by Crippen LogP contribution is -3.07. The first kappa shape index (κ1) is 117. The first-order chi connectivity index (χ1) is 57.4. The SMILES string of the molecule is BrCc1ccccc1.CC.CN.CO.COCC1=CC(O)C(O)=C(COC)[NH+]1C.COCc1cc(=O)c(OCc2ccccc2)c(COC)n1C.COCc1cc(=O)c(OCc2ccccc2)c(COC)o1.CS(C)(=O)(O)OO.Cl.O=c1cc(CO)oc(CO)c1O.O=c1cc(CO)oc(CO)c1OCc1ccccc1.O=c1cc(CO)occ1O.[Cl-]. The maximum atomic E-state index is 12.3. The number of aliphatic hydroxyl groups excluding tert-OH is 8. The van der Waals surface area contributed by atoms with Crippen molar-refractivity contribution >= 4 is 38.0 Å². The minimum absolute atomic E-state index is 0. The Kier molecular flexibility index (Phi) is 63.1. The average molecular weight is 1850 g/mol. The van der Waals surface area contributed by atoms with Crippen molar-refractivity contribution in [3.05, 3.63) is 306 Å². The number of likely N-dealkylation sites (N-methyl/N-ethyl adjacent to an activating group) is 1. The minimum atomic E-state index is -4.06. The molecule has 0 fully saturated rings. The van der Waals surface area contributed by atoms with E-state index in [1.165, 1.54) is 32.9 Å². The van der Waals surface area contributed by atoms with Crippen LogP contribution in [0.25, 0.3) is 0 Å². The summed E-state index contributed by atoms with van der Waals surface area (Å²) in [4.78, 5) is 58.6. The summed E-state index contributed by atoms with van der Waals surface area (Å²) in [7, 11) is 11.6. The number of hydrogen-bond acceptors (Lipinski definition) is 32. The van der Waals surface area contributed by atoms with Gasteiger partial charge in [-0.2, -0.15) is 0 Å². The zero-order valence-electron chi connectivity index (χ0n) is 70.4. The third kappa shape index (κ3) is 44.5.